The van der Waals surface area contributed by atoms with Crippen LogP contribution in [0.4, 0.5) is 4.39 Å². The van der Waals surface area contributed by atoms with Gasteiger partial charge in [0.25, 0.3) is 0 Å². The smallest absolute Gasteiger partial charge is 0.129 e. The Bertz CT molecular complexity index is 274. The van der Waals surface area contributed by atoms with Gasteiger partial charge in [0.1, 0.15) is 5.67 Å². The Morgan fingerprint density at radius 1 is 1.43 bits per heavy atom. The third kappa shape index (κ3) is 2.51. The van der Waals surface area contributed by atoms with Crippen molar-refractivity contribution in [3.8, 4) is 0 Å². The zero-order valence-electron chi connectivity index (χ0n) is 8.70. The molecule has 2 nitrogen and oxygen atoms in total. The van der Waals surface area contributed by atoms with E-state index < -0.39 is 5.67 Å². The van der Waals surface area contributed by atoms with Gasteiger partial charge in [-0.3, -0.25) is 4.98 Å². The van der Waals surface area contributed by atoms with Crippen molar-refractivity contribution < 1.29 is 4.39 Å². The molecule has 0 aliphatic rings. The highest BCUT2D eigenvalue weighted by atomic mass is 19.1. The largest absolute Gasteiger partial charge is 0.328 e. The SMILES string of the molecule is CC(C)C(F)(CN)Cc1ccncc1. The number of aromatic nitrogens is 1. The van der Waals surface area contributed by atoms with Crippen LogP contribution in [0.15, 0.2) is 24.5 Å². The van der Waals surface area contributed by atoms with E-state index in [2.05, 4.69) is 4.98 Å². The van der Waals surface area contributed by atoms with Crippen molar-refractivity contribution in [1.29, 1.82) is 0 Å². The van der Waals surface area contributed by atoms with Gasteiger partial charge < -0.3 is 5.73 Å². The van der Waals surface area contributed by atoms with Crippen LogP contribution in [0.2, 0.25) is 0 Å². The molecule has 1 heterocycles. The van der Waals surface area contributed by atoms with E-state index in [0.717, 1.165) is 5.56 Å². The minimum atomic E-state index is -1.30. The second-order valence-electron chi connectivity index (χ2n) is 3.93. The number of hydrogen-bond donors (Lipinski definition) is 1. The molecule has 0 fully saturated rings. The average molecular weight is 196 g/mol. The fourth-order valence-corrected chi connectivity index (χ4v) is 1.35. The molecule has 0 radical (unpaired) electrons. The van der Waals surface area contributed by atoms with Gasteiger partial charge in [-0.25, -0.2) is 4.39 Å². The molecule has 0 aliphatic carbocycles. The average Bonchev–Trinajstić information content (AvgIpc) is 2.19. The normalized spacial score (nSPS) is 15.5. The van der Waals surface area contributed by atoms with Crippen LogP contribution in [0, 0.1) is 5.92 Å². The first-order valence-electron chi connectivity index (χ1n) is 4.86. The second kappa shape index (κ2) is 4.51. The Morgan fingerprint density at radius 3 is 2.43 bits per heavy atom. The van der Waals surface area contributed by atoms with Gasteiger partial charge in [0.05, 0.1) is 0 Å². The predicted molar refractivity (Wildman–Crippen MR) is 55.7 cm³/mol. The van der Waals surface area contributed by atoms with E-state index in [1.165, 1.54) is 0 Å². The Labute approximate surface area is 84.3 Å². The minimum absolute atomic E-state index is 0.0625. The highest BCUT2D eigenvalue weighted by molar-refractivity contribution is 5.13. The van der Waals surface area contributed by atoms with Crippen LogP contribution in [0.5, 0.6) is 0 Å². The van der Waals surface area contributed by atoms with Crippen LogP contribution in [-0.4, -0.2) is 17.2 Å². The van der Waals surface area contributed by atoms with E-state index in [9.17, 15) is 4.39 Å². The maximum Gasteiger partial charge on any atom is 0.129 e. The zero-order valence-corrected chi connectivity index (χ0v) is 8.70. The van der Waals surface area contributed by atoms with Gasteiger partial charge in [-0.2, -0.15) is 0 Å². The fourth-order valence-electron chi connectivity index (χ4n) is 1.35. The van der Waals surface area contributed by atoms with Crippen LogP contribution in [0.3, 0.4) is 0 Å². The Kier molecular flexibility index (Phi) is 3.58. The third-order valence-corrected chi connectivity index (χ3v) is 2.62. The van der Waals surface area contributed by atoms with Crippen molar-refractivity contribution in [2.45, 2.75) is 25.9 Å². The summed E-state index contributed by atoms with van der Waals surface area (Å²) in [6.45, 7) is 3.77. The number of nitrogens with two attached hydrogens (primary N) is 1. The molecule has 0 bridgehead atoms. The summed E-state index contributed by atoms with van der Waals surface area (Å²) in [5.41, 5.74) is 5.11. The summed E-state index contributed by atoms with van der Waals surface area (Å²) in [6.07, 6.45) is 3.71. The van der Waals surface area contributed by atoms with E-state index >= 15 is 0 Å². The minimum Gasteiger partial charge on any atom is -0.328 e. The maximum absolute atomic E-state index is 14.2. The molecule has 14 heavy (non-hydrogen) atoms. The van der Waals surface area contributed by atoms with Gasteiger partial charge in [-0.1, -0.05) is 13.8 Å². The summed E-state index contributed by atoms with van der Waals surface area (Å²) in [5, 5.41) is 0. The molecule has 78 valence electrons. The summed E-state index contributed by atoms with van der Waals surface area (Å²) < 4.78 is 14.2. The van der Waals surface area contributed by atoms with Crippen LogP contribution in [-0.2, 0) is 6.42 Å². The lowest BCUT2D eigenvalue weighted by molar-refractivity contribution is 0.110. The lowest BCUT2D eigenvalue weighted by Crippen LogP contribution is -2.40. The van der Waals surface area contributed by atoms with E-state index in [4.69, 9.17) is 5.73 Å². The maximum atomic E-state index is 14.2. The lowest BCUT2D eigenvalue weighted by Gasteiger charge is -2.27. The lowest BCUT2D eigenvalue weighted by atomic mass is 9.86. The van der Waals surface area contributed by atoms with E-state index in [-0.39, 0.29) is 12.5 Å². The van der Waals surface area contributed by atoms with E-state index in [0.29, 0.717) is 6.42 Å². The van der Waals surface area contributed by atoms with Gasteiger partial charge >= 0.3 is 0 Å². The molecule has 0 saturated carbocycles. The molecule has 0 amide bonds. The molecule has 1 rings (SSSR count). The molecule has 0 spiro atoms. The molecule has 0 saturated heterocycles. The van der Waals surface area contributed by atoms with Gasteiger partial charge in [-0.05, 0) is 23.6 Å². The monoisotopic (exact) mass is 196 g/mol. The molecule has 3 heteroatoms. The first-order chi connectivity index (χ1) is 6.58. The summed E-state index contributed by atoms with van der Waals surface area (Å²) in [5.74, 6) is -0.0688. The number of halogens is 1. The number of rotatable bonds is 4. The molecule has 2 N–H and O–H groups in total. The summed E-state index contributed by atoms with van der Waals surface area (Å²) in [7, 11) is 0. The first-order valence-corrected chi connectivity index (χ1v) is 4.86. The van der Waals surface area contributed by atoms with Gasteiger partial charge in [-0.15, -0.1) is 0 Å². The van der Waals surface area contributed by atoms with Gasteiger partial charge in [0.2, 0.25) is 0 Å². The molecule has 1 aromatic heterocycles. The number of nitrogens with zero attached hydrogens (tertiary/aromatic N) is 1. The standard InChI is InChI=1S/C11H17FN2/c1-9(2)11(12,8-13)7-10-3-5-14-6-4-10/h3-6,9H,7-8,13H2,1-2H3. The van der Waals surface area contributed by atoms with Crippen LogP contribution < -0.4 is 5.73 Å². The van der Waals surface area contributed by atoms with Gasteiger partial charge in [0, 0.05) is 25.4 Å². The number of hydrogen-bond acceptors (Lipinski definition) is 2. The summed E-state index contributed by atoms with van der Waals surface area (Å²) in [4.78, 5) is 3.89. The molecule has 0 aliphatic heterocycles. The van der Waals surface area contributed by atoms with Crippen LogP contribution >= 0.6 is 0 Å². The molecular formula is C11H17FN2. The van der Waals surface area contributed by atoms with Crippen LogP contribution in [0.1, 0.15) is 19.4 Å². The number of pyridine rings is 1. The topological polar surface area (TPSA) is 38.9 Å². The van der Waals surface area contributed by atoms with E-state index in [1.807, 2.05) is 26.0 Å². The Balaban J connectivity index is 2.76. The quantitative estimate of drug-likeness (QED) is 0.799. The van der Waals surface area contributed by atoms with Crippen molar-refractivity contribution in [1.82, 2.24) is 4.98 Å². The highest BCUT2D eigenvalue weighted by Crippen LogP contribution is 2.25. The Hall–Kier alpha value is -0.960. The van der Waals surface area contributed by atoms with Crippen molar-refractivity contribution in [3.63, 3.8) is 0 Å². The molecule has 1 atom stereocenters. The molecule has 1 unspecified atom stereocenters. The fraction of sp³-hybridized carbons (Fsp3) is 0.545. The van der Waals surface area contributed by atoms with Crippen molar-refractivity contribution in [3.05, 3.63) is 30.1 Å². The molecule has 1 aromatic rings. The number of alkyl halides is 1. The first kappa shape index (κ1) is 11.1. The Morgan fingerprint density at radius 2 is 2.00 bits per heavy atom. The molecule has 0 aromatic carbocycles. The summed E-state index contributed by atoms with van der Waals surface area (Å²) in [6, 6.07) is 3.65. The van der Waals surface area contributed by atoms with Crippen molar-refractivity contribution in [2.24, 2.45) is 11.7 Å². The van der Waals surface area contributed by atoms with Crippen LogP contribution in [0.25, 0.3) is 0 Å². The zero-order chi connectivity index (χ0) is 10.6. The summed E-state index contributed by atoms with van der Waals surface area (Å²) >= 11 is 0. The second-order valence-corrected chi connectivity index (χ2v) is 3.93. The molecular weight excluding hydrogens is 179 g/mol. The highest BCUT2D eigenvalue weighted by Gasteiger charge is 2.32. The predicted octanol–water partition coefficient (Wildman–Crippen LogP) is 1.95. The van der Waals surface area contributed by atoms with Crippen molar-refractivity contribution in [2.75, 3.05) is 6.54 Å². The van der Waals surface area contributed by atoms with Crippen molar-refractivity contribution >= 4 is 0 Å². The third-order valence-electron chi connectivity index (χ3n) is 2.62. The van der Waals surface area contributed by atoms with Gasteiger partial charge in [0.15, 0.2) is 0 Å². The van der Waals surface area contributed by atoms with E-state index in [1.54, 1.807) is 12.4 Å².